The number of rotatable bonds is 16. The second-order valence-electron chi connectivity index (χ2n) is 11.1. The summed E-state index contributed by atoms with van der Waals surface area (Å²) in [6.07, 6.45) is 0. The minimum Gasteiger partial charge on any atom is -0.491 e. The molecule has 0 aromatic heterocycles. The van der Waals surface area contributed by atoms with Gasteiger partial charge in [0.25, 0.3) is 0 Å². The van der Waals surface area contributed by atoms with Crippen LogP contribution in [0.2, 0.25) is 0 Å². The zero-order valence-electron chi connectivity index (χ0n) is 26.1. The van der Waals surface area contributed by atoms with Gasteiger partial charge in [0.15, 0.2) is 0 Å². The van der Waals surface area contributed by atoms with E-state index in [1.165, 1.54) is 0 Å². The van der Waals surface area contributed by atoms with Gasteiger partial charge in [0.05, 0.1) is 50.1 Å². The number of esters is 3. The highest BCUT2D eigenvalue weighted by atomic mass is 16.6. The molecule has 3 rings (SSSR count). The quantitative estimate of drug-likeness (QED) is 0.104. The van der Waals surface area contributed by atoms with Crippen LogP contribution < -0.4 is 9.47 Å². The number of carbonyl (C=O) groups excluding carboxylic acids is 3. The molecule has 9 heteroatoms. The fourth-order valence-electron chi connectivity index (χ4n) is 3.80. The molecule has 0 saturated carbocycles. The highest BCUT2D eigenvalue weighted by molar-refractivity contribution is 5.91. The molecule has 0 fully saturated rings. The lowest BCUT2D eigenvalue weighted by Gasteiger charge is -2.25. The monoisotopic (exact) mass is 606 g/mol. The highest BCUT2D eigenvalue weighted by Crippen LogP contribution is 2.26. The number of carbonyl (C=O) groups is 3. The van der Waals surface area contributed by atoms with Crippen LogP contribution in [0.15, 0.2) is 72.8 Å². The normalized spacial score (nSPS) is 11.8. The summed E-state index contributed by atoms with van der Waals surface area (Å²) in [7, 11) is 0. The van der Waals surface area contributed by atoms with E-state index in [4.69, 9.17) is 28.4 Å². The van der Waals surface area contributed by atoms with Gasteiger partial charge in [-0.15, -0.1) is 0 Å². The maximum absolute atomic E-state index is 12.6. The Morgan fingerprint density at radius 3 is 1.66 bits per heavy atom. The standard InChI is InChI=1S/C35H42O9/c1-6-41-33(37)28-9-7-26(8-10-28)27-11-17-31(18-12-27)44-34(38)29-13-15-30(16-14-29)42-23-21-39-19-20-40-22-24-43-32(36)25(2)35(3,4)5/h7-18,25H,6,19-24H2,1-5H3. The number of hydrogen-bond acceptors (Lipinski definition) is 9. The van der Waals surface area contributed by atoms with Crippen LogP contribution in [-0.4, -0.2) is 64.2 Å². The van der Waals surface area contributed by atoms with Crippen molar-refractivity contribution >= 4 is 17.9 Å². The molecule has 0 radical (unpaired) electrons. The molecule has 1 atom stereocenters. The first kappa shape index (κ1) is 34.3. The summed E-state index contributed by atoms with van der Waals surface area (Å²) >= 11 is 0. The fourth-order valence-corrected chi connectivity index (χ4v) is 3.80. The first-order valence-corrected chi connectivity index (χ1v) is 14.7. The molecule has 1 unspecified atom stereocenters. The maximum Gasteiger partial charge on any atom is 0.343 e. The zero-order chi connectivity index (χ0) is 32.0. The molecule has 44 heavy (non-hydrogen) atoms. The highest BCUT2D eigenvalue weighted by Gasteiger charge is 2.27. The molecule has 3 aromatic rings. The van der Waals surface area contributed by atoms with E-state index in [0.717, 1.165) is 11.1 Å². The molecule has 0 N–H and O–H groups in total. The Balaban J connectivity index is 1.31. The Morgan fingerprint density at radius 2 is 1.09 bits per heavy atom. The van der Waals surface area contributed by atoms with Crippen molar-refractivity contribution in [3.8, 4) is 22.6 Å². The van der Waals surface area contributed by atoms with Crippen molar-refractivity contribution < 1.29 is 42.8 Å². The molecule has 0 heterocycles. The summed E-state index contributed by atoms with van der Waals surface area (Å²) in [5.74, 6) is -0.219. The smallest absolute Gasteiger partial charge is 0.343 e. The number of hydrogen-bond donors (Lipinski definition) is 0. The Kier molecular flexibility index (Phi) is 13.4. The van der Waals surface area contributed by atoms with Crippen LogP contribution in [0.5, 0.6) is 11.5 Å². The lowest BCUT2D eigenvalue weighted by molar-refractivity contribution is -0.153. The van der Waals surface area contributed by atoms with E-state index in [9.17, 15) is 14.4 Å². The first-order chi connectivity index (χ1) is 21.1. The maximum atomic E-state index is 12.6. The third-order valence-corrected chi connectivity index (χ3v) is 6.88. The van der Waals surface area contributed by atoms with Crippen LogP contribution in [-0.2, 0) is 23.7 Å². The largest absolute Gasteiger partial charge is 0.491 e. The van der Waals surface area contributed by atoms with Crippen LogP contribution in [0.4, 0.5) is 0 Å². The summed E-state index contributed by atoms with van der Waals surface area (Å²) in [5.41, 5.74) is 2.59. The summed E-state index contributed by atoms with van der Waals surface area (Å²) in [6, 6.07) is 20.9. The van der Waals surface area contributed by atoms with Gasteiger partial charge in [-0.1, -0.05) is 52.0 Å². The SMILES string of the molecule is CCOC(=O)c1ccc(-c2ccc(OC(=O)c3ccc(OCCOCCOCCOC(=O)C(C)C(C)(C)C)cc3)cc2)cc1. The van der Waals surface area contributed by atoms with Gasteiger partial charge in [0, 0.05) is 0 Å². The third kappa shape index (κ3) is 11.1. The first-order valence-electron chi connectivity index (χ1n) is 14.7. The molecule has 236 valence electrons. The second-order valence-corrected chi connectivity index (χ2v) is 11.1. The van der Waals surface area contributed by atoms with Gasteiger partial charge in [-0.2, -0.15) is 0 Å². The number of benzene rings is 3. The van der Waals surface area contributed by atoms with Crippen LogP contribution in [0, 0.1) is 11.3 Å². The predicted octanol–water partition coefficient (Wildman–Crippen LogP) is 6.39. The molecule has 0 aliphatic carbocycles. The molecule has 3 aromatic carbocycles. The Bertz CT molecular complexity index is 1320. The van der Waals surface area contributed by atoms with Gasteiger partial charge in [-0.05, 0) is 72.0 Å². The summed E-state index contributed by atoms with van der Waals surface area (Å²) in [4.78, 5) is 36.4. The summed E-state index contributed by atoms with van der Waals surface area (Å²) in [5, 5.41) is 0. The van der Waals surface area contributed by atoms with Crippen molar-refractivity contribution in [3.63, 3.8) is 0 Å². The zero-order valence-corrected chi connectivity index (χ0v) is 26.1. The van der Waals surface area contributed by atoms with Crippen molar-refractivity contribution in [1.29, 1.82) is 0 Å². The molecule has 0 amide bonds. The molecule has 9 nitrogen and oxygen atoms in total. The fraction of sp³-hybridized carbons (Fsp3) is 0.400. The average molecular weight is 607 g/mol. The number of ether oxygens (including phenoxy) is 6. The summed E-state index contributed by atoms with van der Waals surface area (Å²) < 4.78 is 32.4. The molecule has 0 spiro atoms. The van der Waals surface area contributed by atoms with Crippen molar-refractivity contribution in [2.45, 2.75) is 34.6 Å². The minimum absolute atomic E-state index is 0.137. The second kappa shape index (κ2) is 17.2. The molecular weight excluding hydrogens is 564 g/mol. The lowest BCUT2D eigenvalue weighted by atomic mass is 9.82. The van der Waals surface area contributed by atoms with Crippen LogP contribution in [0.3, 0.4) is 0 Å². The summed E-state index contributed by atoms with van der Waals surface area (Å²) in [6.45, 7) is 12.0. The average Bonchev–Trinajstić information content (AvgIpc) is 3.02. The molecule has 0 aliphatic rings. The molecule has 0 bridgehead atoms. The van der Waals surface area contributed by atoms with E-state index >= 15 is 0 Å². The van der Waals surface area contributed by atoms with Crippen molar-refractivity contribution in [3.05, 3.63) is 83.9 Å². The van der Waals surface area contributed by atoms with E-state index in [1.54, 1.807) is 55.5 Å². The van der Waals surface area contributed by atoms with Crippen LogP contribution in [0.25, 0.3) is 11.1 Å². The van der Waals surface area contributed by atoms with E-state index in [2.05, 4.69) is 0 Å². The lowest BCUT2D eigenvalue weighted by Crippen LogP contribution is -2.28. The van der Waals surface area contributed by atoms with Crippen molar-refractivity contribution in [2.24, 2.45) is 11.3 Å². The Hall–Kier alpha value is -4.21. The minimum atomic E-state index is -0.482. The van der Waals surface area contributed by atoms with E-state index in [-0.39, 0.29) is 29.9 Å². The van der Waals surface area contributed by atoms with E-state index in [0.29, 0.717) is 62.3 Å². The topological polar surface area (TPSA) is 107 Å². The molecule has 0 aliphatic heterocycles. The van der Waals surface area contributed by atoms with Crippen LogP contribution in [0.1, 0.15) is 55.3 Å². The van der Waals surface area contributed by atoms with Gasteiger partial charge in [0.1, 0.15) is 24.7 Å². The van der Waals surface area contributed by atoms with Gasteiger partial charge in [0.2, 0.25) is 0 Å². The van der Waals surface area contributed by atoms with Gasteiger partial charge >= 0.3 is 17.9 Å². The molecule has 0 saturated heterocycles. The van der Waals surface area contributed by atoms with E-state index in [1.807, 2.05) is 52.0 Å². The van der Waals surface area contributed by atoms with Crippen molar-refractivity contribution in [2.75, 3.05) is 46.2 Å². The van der Waals surface area contributed by atoms with Gasteiger partial charge in [-0.25, -0.2) is 9.59 Å². The Morgan fingerprint density at radius 1 is 0.614 bits per heavy atom. The van der Waals surface area contributed by atoms with Crippen LogP contribution >= 0.6 is 0 Å². The van der Waals surface area contributed by atoms with Gasteiger partial charge < -0.3 is 28.4 Å². The predicted molar refractivity (Wildman–Crippen MR) is 166 cm³/mol. The Labute approximate surface area is 259 Å². The van der Waals surface area contributed by atoms with Gasteiger partial charge in [-0.3, -0.25) is 4.79 Å². The third-order valence-electron chi connectivity index (χ3n) is 6.88. The molecular formula is C35H42O9. The van der Waals surface area contributed by atoms with E-state index < -0.39 is 5.97 Å². The van der Waals surface area contributed by atoms with Crippen molar-refractivity contribution in [1.82, 2.24) is 0 Å².